The molecule has 12 nitrogen and oxygen atoms in total. The third-order valence-corrected chi connectivity index (χ3v) is 12.6. The first kappa shape index (κ1) is 41.9. The second-order valence-corrected chi connectivity index (χ2v) is 17.4. The van der Waals surface area contributed by atoms with Crippen molar-refractivity contribution >= 4 is 129 Å². The van der Waals surface area contributed by atoms with Gasteiger partial charge in [-0.25, -0.2) is 9.79 Å². The van der Waals surface area contributed by atoms with E-state index < -0.39 is 17.3 Å². The average Bonchev–Trinajstić information content (AvgIpc) is 2.96. The summed E-state index contributed by atoms with van der Waals surface area (Å²) in [6.45, 7) is 2.18. The van der Waals surface area contributed by atoms with Crippen molar-refractivity contribution in [1.29, 1.82) is 0 Å². The average molecular weight is 751 g/mol. The Morgan fingerprint density at radius 2 is 1.46 bits per heavy atom. The van der Waals surface area contributed by atoms with E-state index in [2.05, 4.69) is 20.6 Å². The van der Waals surface area contributed by atoms with Crippen molar-refractivity contribution in [3.63, 3.8) is 0 Å². The Kier molecular flexibility index (Phi) is 36.1. The minimum atomic E-state index is -1.19. The number of aliphatic hydroxyl groups is 2. The Morgan fingerprint density at radius 1 is 0.805 bits per heavy atom. The fraction of sp³-hybridized carbons (Fsp3) is 0.800. The van der Waals surface area contributed by atoms with Crippen LogP contribution in [0.5, 0.6) is 0 Å². The maximum atomic E-state index is 12.0. The number of aliphatic imine (C=N–C) groups is 2. The number of amides is 2. The summed E-state index contributed by atoms with van der Waals surface area (Å²) < 4.78 is 17.0. The van der Waals surface area contributed by atoms with Crippen LogP contribution in [-0.4, -0.2) is 131 Å². The molecule has 0 fully saturated rings. The molecule has 41 heavy (non-hydrogen) atoms. The molecule has 240 valence electrons. The number of carbonyl (C=O) groups is 2. The zero-order valence-electron chi connectivity index (χ0n) is 22.4. The lowest BCUT2D eigenvalue weighted by Crippen LogP contribution is -2.26. The molecule has 0 radical (unpaired) electrons. The van der Waals surface area contributed by atoms with Gasteiger partial charge in [-0.2, -0.15) is 28.4 Å². The topological polar surface area (TPSA) is 174 Å². The maximum absolute atomic E-state index is 12.0. The number of hydrogen-bond donors (Lipinski definition) is 4. The minimum absolute atomic E-state index is 0.0529. The van der Waals surface area contributed by atoms with Gasteiger partial charge in [-0.1, -0.05) is 23.5 Å². The highest BCUT2D eigenvalue weighted by Gasteiger charge is 2.06. The van der Waals surface area contributed by atoms with Gasteiger partial charge in [-0.05, 0) is 0 Å². The number of ether oxygens (including phenoxy) is 1. The van der Waals surface area contributed by atoms with Gasteiger partial charge in [0.05, 0.1) is 30.1 Å². The van der Waals surface area contributed by atoms with E-state index in [1.165, 1.54) is 70.8 Å². The number of carbonyl (C=O) groups excluding carboxylic acids is 2. The molecule has 0 rings (SSSR count). The Bertz CT molecular complexity index is 678. The summed E-state index contributed by atoms with van der Waals surface area (Å²) in [6, 6.07) is 0. The maximum Gasteiger partial charge on any atom is 0.407 e. The number of nitrogens with one attached hydrogen (secondary N) is 2. The zero-order chi connectivity index (χ0) is 30.1. The van der Waals surface area contributed by atoms with Gasteiger partial charge in [0.25, 0.3) is 5.24 Å². The monoisotopic (exact) mass is 750 g/mol. The van der Waals surface area contributed by atoms with Crippen LogP contribution >= 0.6 is 94.1 Å². The van der Waals surface area contributed by atoms with E-state index in [0.717, 1.165) is 39.9 Å². The Hall–Kier alpha value is 0.870. The summed E-state index contributed by atoms with van der Waals surface area (Å²) in [5.41, 5.74) is 1.44. The fourth-order valence-electron chi connectivity index (χ4n) is 1.90. The van der Waals surface area contributed by atoms with E-state index >= 15 is 0 Å². The Balaban J connectivity index is 3.44. The van der Waals surface area contributed by atoms with Gasteiger partial charge in [-0.15, -0.1) is 47.0 Å². The van der Waals surface area contributed by atoms with Crippen molar-refractivity contribution < 1.29 is 38.9 Å². The van der Waals surface area contributed by atoms with Crippen LogP contribution in [0, 0.1) is 0 Å². The van der Waals surface area contributed by atoms with Gasteiger partial charge >= 0.3 is 6.09 Å². The van der Waals surface area contributed by atoms with Gasteiger partial charge in [0.1, 0.15) is 11.9 Å². The highest BCUT2D eigenvalue weighted by Crippen LogP contribution is 2.15. The van der Waals surface area contributed by atoms with Crippen molar-refractivity contribution in [3.05, 3.63) is 0 Å². The van der Waals surface area contributed by atoms with Gasteiger partial charge in [0, 0.05) is 57.4 Å². The SMILES string of the molecule is O=C(NCCSCC/N=C/[S+]([O-])CSCSC(=O)NCCSCC/N=C\OOCSCSCO)OCSCSCO. The number of alkyl carbamates (subject to hydrolysis) is 1. The second-order valence-electron chi connectivity index (χ2n) is 6.55. The van der Waals surface area contributed by atoms with Crippen molar-refractivity contribution in [2.24, 2.45) is 9.98 Å². The molecular weight excluding hydrogens is 713 g/mol. The lowest BCUT2D eigenvalue weighted by molar-refractivity contribution is -0.196. The van der Waals surface area contributed by atoms with Gasteiger partial charge in [0.15, 0.2) is 5.08 Å². The van der Waals surface area contributed by atoms with Gasteiger partial charge < -0.3 is 35.0 Å². The lowest BCUT2D eigenvalue weighted by atomic mass is 10.7. The molecule has 0 aliphatic carbocycles. The van der Waals surface area contributed by atoms with E-state index in [1.54, 1.807) is 23.5 Å². The van der Waals surface area contributed by atoms with Crippen LogP contribution in [0.3, 0.4) is 0 Å². The van der Waals surface area contributed by atoms with E-state index in [-0.39, 0.29) is 23.1 Å². The van der Waals surface area contributed by atoms with Crippen LogP contribution in [0.1, 0.15) is 0 Å². The van der Waals surface area contributed by atoms with Crippen LogP contribution in [0.2, 0.25) is 0 Å². The van der Waals surface area contributed by atoms with Crippen molar-refractivity contribution in [2.45, 2.75) is 0 Å². The third-order valence-electron chi connectivity index (χ3n) is 3.53. The quantitative estimate of drug-likeness (QED) is 0.0166. The molecular formula is C20H38N4O8S9. The first-order valence-electron chi connectivity index (χ1n) is 11.8. The van der Waals surface area contributed by atoms with Crippen molar-refractivity contribution in [3.8, 4) is 0 Å². The molecule has 0 saturated carbocycles. The van der Waals surface area contributed by atoms with Crippen LogP contribution in [0.15, 0.2) is 9.98 Å². The van der Waals surface area contributed by atoms with Crippen LogP contribution in [0.4, 0.5) is 9.59 Å². The number of thioether (sulfide) groups is 8. The predicted molar refractivity (Wildman–Crippen MR) is 188 cm³/mol. The standard InChI is InChI=1S/C20H38N4O8S9/c25-11-35-15-37-13-30-19(27)23-3-7-34-6-2-22-10-41(29)18-39-17-40-20(28)24-4-8-33-5-1-21-9-31-32-14-38-16-36-12-26/h9-10,25-26H,1-8,11-18H2,(H,23,27)(H,24,28)/b21-9-,22-10+. The molecule has 1 atom stereocenters. The van der Waals surface area contributed by atoms with E-state index in [1.807, 2.05) is 0 Å². The third kappa shape index (κ3) is 35.2. The molecule has 0 aromatic heterocycles. The second kappa shape index (κ2) is 35.4. The van der Waals surface area contributed by atoms with Crippen LogP contribution in [-0.2, 0) is 25.7 Å². The molecule has 0 heterocycles. The molecule has 0 aromatic carbocycles. The van der Waals surface area contributed by atoms with Crippen molar-refractivity contribution in [1.82, 2.24) is 10.6 Å². The summed E-state index contributed by atoms with van der Waals surface area (Å²) in [6.07, 6.45) is 0.808. The molecule has 21 heteroatoms. The molecule has 0 spiro atoms. The molecule has 1 unspecified atom stereocenters. The number of aliphatic hydroxyl groups excluding tert-OH is 2. The van der Waals surface area contributed by atoms with Gasteiger partial charge in [0.2, 0.25) is 11.9 Å². The molecule has 0 bridgehead atoms. The van der Waals surface area contributed by atoms with Gasteiger partial charge in [-0.3, -0.25) is 9.79 Å². The number of nitrogens with zero attached hydrogens (tertiary/aromatic N) is 2. The number of rotatable bonds is 29. The van der Waals surface area contributed by atoms with E-state index in [4.69, 9.17) is 24.7 Å². The van der Waals surface area contributed by atoms with E-state index in [9.17, 15) is 14.1 Å². The molecule has 0 aliphatic rings. The predicted octanol–water partition coefficient (Wildman–Crippen LogP) is 3.69. The first-order chi connectivity index (χ1) is 20.1. The highest BCUT2D eigenvalue weighted by molar-refractivity contribution is 8.27. The summed E-state index contributed by atoms with van der Waals surface area (Å²) in [4.78, 5) is 41.2. The van der Waals surface area contributed by atoms with Crippen LogP contribution < -0.4 is 10.6 Å². The largest absolute Gasteiger partial charge is 0.610 e. The van der Waals surface area contributed by atoms with Crippen LogP contribution in [0.25, 0.3) is 0 Å². The smallest absolute Gasteiger partial charge is 0.407 e. The summed E-state index contributed by atoms with van der Waals surface area (Å²) in [5.74, 6) is 3.81. The zero-order valence-corrected chi connectivity index (χ0v) is 29.7. The Morgan fingerprint density at radius 3 is 2.17 bits per heavy atom. The van der Waals surface area contributed by atoms with Crippen molar-refractivity contribution in [2.75, 3.05) is 93.3 Å². The molecule has 0 saturated heterocycles. The molecule has 0 aromatic rings. The molecule has 2 amide bonds. The fourth-order valence-corrected chi connectivity index (χ4v) is 8.69. The first-order valence-corrected chi connectivity index (χ1v) is 22.3. The number of hydrogen-bond acceptors (Lipinski definition) is 18. The lowest BCUT2D eigenvalue weighted by Gasteiger charge is -2.06. The molecule has 0 aliphatic heterocycles. The normalized spacial score (nSPS) is 12.2. The Labute approximate surface area is 279 Å². The summed E-state index contributed by atoms with van der Waals surface area (Å²) in [7, 11) is 0. The van der Waals surface area contributed by atoms with E-state index in [0.29, 0.717) is 47.4 Å². The summed E-state index contributed by atoms with van der Waals surface area (Å²) in [5, 5.41) is 24.9. The highest BCUT2D eigenvalue weighted by atomic mass is 32.3. The molecule has 4 N–H and O–H groups in total. The summed E-state index contributed by atoms with van der Waals surface area (Å²) >= 11 is 10.3. The minimum Gasteiger partial charge on any atom is -0.610 e.